The van der Waals surface area contributed by atoms with Crippen LogP contribution in [0.2, 0.25) is 0 Å². The lowest BCUT2D eigenvalue weighted by Gasteiger charge is -2.59. The molecule has 7 atom stereocenters. The van der Waals surface area contributed by atoms with Crippen molar-refractivity contribution < 1.29 is 23.8 Å². The van der Waals surface area contributed by atoms with E-state index in [1.54, 1.807) is 0 Å². The number of allylic oxidation sites excluding steroid dienone is 1. The second-order valence-corrected chi connectivity index (χ2v) is 11.2. The monoisotopic (exact) mass is 437 g/mol. The minimum Gasteiger partial charge on any atom is -0.463 e. The third-order valence-corrected chi connectivity index (χ3v) is 10.1. The molecule has 2 aliphatic heterocycles. The second-order valence-electron chi connectivity index (χ2n) is 11.2. The minimum atomic E-state index is -0.465. The summed E-state index contributed by atoms with van der Waals surface area (Å²) in [6.45, 7) is 4.89. The maximum absolute atomic E-state index is 12.1. The Morgan fingerprint density at radius 3 is 2.88 bits per heavy atom. The highest BCUT2D eigenvalue weighted by molar-refractivity contribution is 5.96. The number of nitrogens with zero attached hydrogens (tertiary/aromatic N) is 1. The molecule has 2 heterocycles. The third kappa shape index (κ3) is 2.44. The first kappa shape index (κ1) is 20.5. The molecule has 3 saturated carbocycles. The summed E-state index contributed by atoms with van der Waals surface area (Å²) >= 11 is 0. The van der Waals surface area contributed by atoms with E-state index in [2.05, 4.69) is 19.1 Å². The van der Waals surface area contributed by atoms with Crippen LogP contribution in [-0.4, -0.2) is 36.9 Å². The van der Waals surface area contributed by atoms with E-state index in [1.807, 2.05) is 0 Å². The van der Waals surface area contributed by atoms with E-state index in [1.165, 1.54) is 12.5 Å². The van der Waals surface area contributed by atoms with Gasteiger partial charge in [0.1, 0.15) is 24.4 Å². The molecule has 170 valence electrons. The van der Waals surface area contributed by atoms with E-state index in [0.717, 1.165) is 63.5 Å². The maximum atomic E-state index is 12.1. The fourth-order valence-corrected chi connectivity index (χ4v) is 8.85. The average Bonchev–Trinajstić information content (AvgIpc) is 3.37. The molecule has 6 heteroatoms. The average molecular weight is 438 g/mol. The molecule has 0 radical (unpaired) electrons. The van der Waals surface area contributed by atoms with Crippen molar-refractivity contribution in [3.8, 4) is 6.07 Å². The van der Waals surface area contributed by atoms with Crippen molar-refractivity contribution in [1.29, 1.82) is 5.26 Å². The number of ether oxygens (including phenoxy) is 3. The van der Waals surface area contributed by atoms with Crippen LogP contribution in [0.25, 0.3) is 0 Å². The molecule has 0 N–H and O–H groups in total. The molecule has 1 saturated heterocycles. The van der Waals surface area contributed by atoms with Crippen molar-refractivity contribution in [3.63, 3.8) is 0 Å². The first-order valence-corrected chi connectivity index (χ1v) is 12.2. The van der Waals surface area contributed by atoms with Crippen molar-refractivity contribution in [2.45, 2.75) is 76.9 Å². The van der Waals surface area contributed by atoms with Gasteiger partial charge in [0.15, 0.2) is 0 Å². The molecule has 6 nitrogen and oxygen atoms in total. The predicted octanol–water partition coefficient (Wildman–Crippen LogP) is 4.01. The number of nitriles is 1. The fraction of sp³-hybridized carbons (Fsp3) is 0.731. The zero-order valence-electron chi connectivity index (χ0n) is 18.9. The Hall–Kier alpha value is -2.13. The lowest BCUT2D eigenvalue weighted by Crippen LogP contribution is -2.57. The summed E-state index contributed by atoms with van der Waals surface area (Å²) in [6, 6.07) is 2.11. The van der Waals surface area contributed by atoms with Crippen LogP contribution < -0.4 is 0 Å². The minimum absolute atomic E-state index is 0.0522. The van der Waals surface area contributed by atoms with Crippen LogP contribution in [0.3, 0.4) is 0 Å². The lowest BCUT2D eigenvalue weighted by atomic mass is 9.45. The highest BCUT2D eigenvalue weighted by atomic mass is 16.5. The van der Waals surface area contributed by atoms with Crippen LogP contribution in [0.4, 0.5) is 0 Å². The van der Waals surface area contributed by atoms with Crippen molar-refractivity contribution in [2.75, 3.05) is 13.2 Å². The lowest BCUT2D eigenvalue weighted by molar-refractivity contribution is -0.153. The van der Waals surface area contributed by atoms with E-state index < -0.39 is 5.97 Å². The molecular weight excluding hydrogens is 406 g/mol. The highest BCUT2D eigenvalue weighted by Crippen LogP contribution is 2.72. The van der Waals surface area contributed by atoms with Crippen LogP contribution in [0.15, 0.2) is 22.8 Å². The molecule has 2 bridgehead atoms. The third-order valence-electron chi connectivity index (χ3n) is 10.1. The quantitative estimate of drug-likeness (QED) is 0.479. The summed E-state index contributed by atoms with van der Waals surface area (Å²) in [6.07, 6.45) is 10.6. The fourth-order valence-electron chi connectivity index (χ4n) is 8.85. The van der Waals surface area contributed by atoms with Gasteiger partial charge in [-0.1, -0.05) is 13.0 Å². The number of hydrogen-bond acceptors (Lipinski definition) is 6. The zero-order valence-corrected chi connectivity index (χ0v) is 18.9. The van der Waals surface area contributed by atoms with E-state index in [0.29, 0.717) is 11.8 Å². The van der Waals surface area contributed by atoms with Gasteiger partial charge in [-0.15, -0.1) is 0 Å². The summed E-state index contributed by atoms with van der Waals surface area (Å²) in [5, 5.41) is 9.56. The number of carbonyl (C=O) groups is 2. The topological polar surface area (TPSA) is 85.6 Å². The normalized spacial score (nSPS) is 46.5. The molecule has 4 fully saturated rings. The smallest absolute Gasteiger partial charge is 0.349 e. The van der Waals surface area contributed by atoms with Crippen molar-refractivity contribution >= 4 is 11.9 Å². The Bertz CT molecular complexity index is 1010. The summed E-state index contributed by atoms with van der Waals surface area (Å²) in [5.74, 6) is 0.571. The Kier molecular flexibility index (Phi) is 4.28. The van der Waals surface area contributed by atoms with Gasteiger partial charge in [-0.2, -0.15) is 5.26 Å². The molecule has 1 spiro atoms. The molecular formula is C26H31NO5. The Morgan fingerprint density at radius 2 is 2.09 bits per heavy atom. The highest BCUT2D eigenvalue weighted by Gasteiger charge is 2.70. The maximum Gasteiger partial charge on any atom is 0.349 e. The predicted molar refractivity (Wildman–Crippen MR) is 114 cm³/mol. The van der Waals surface area contributed by atoms with E-state index in [4.69, 9.17) is 14.2 Å². The van der Waals surface area contributed by atoms with Crippen molar-refractivity contribution in [3.05, 3.63) is 22.8 Å². The van der Waals surface area contributed by atoms with Gasteiger partial charge < -0.3 is 14.2 Å². The van der Waals surface area contributed by atoms with Gasteiger partial charge in [0.25, 0.3) is 0 Å². The van der Waals surface area contributed by atoms with Gasteiger partial charge >= 0.3 is 11.9 Å². The van der Waals surface area contributed by atoms with Crippen LogP contribution in [-0.2, 0) is 23.8 Å². The van der Waals surface area contributed by atoms with Crippen LogP contribution in [0.1, 0.15) is 65.2 Å². The molecule has 6 rings (SSSR count). The second kappa shape index (κ2) is 6.70. The van der Waals surface area contributed by atoms with Gasteiger partial charge in [-0.25, -0.2) is 4.79 Å². The standard InChI is InChI=1S/C26H31NO5/c1-15(28)32-17-6-9-25-14-31-26(10-5-16(25)11-17)21-4-3-20(24(21,2)8-7-22(25)26)19-13-30-23(29)18(19)12-27/h4,16-17,20,22H,3,5-11,13-14H2,1-2H3/t16-,17-,20+,22+,24+,25+,26+/m0/s1. The number of fused-ring (bicyclic) bond motifs is 1. The zero-order chi connectivity index (χ0) is 22.3. The summed E-state index contributed by atoms with van der Waals surface area (Å²) in [5.41, 5.74) is 2.44. The largest absolute Gasteiger partial charge is 0.463 e. The molecule has 4 aliphatic carbocycles. The first-order chi connectivity index (χ1) is 15.3. The van der Waals surface area contributed by atoms with Gasteiger partial charge in [0.2, 0.25) is 0 Å². The molecule has 6 aliphatic rings. The van der Waals surface area contributed by atoms with Gasteiger partial charge in [0.05, 0.1) is 12.2 Å². The van der Waals surface area contributed by atoms with Crippen molar-refractivity contribution in [2.24, 2.45) is 28.6 Å². The molecule has 32 heavy (non-hydrogen) atoms. The molecule has 0 amide bonds. The summed E-state index contributed by atoms with van der Waals surface area (Å²) in [4.78, 5) is 23.6. The Labute approximate surface area is 189 Å². The number of hydrogen-bond donors (Lipinski definition) is 0. The summed E-state index contributed by atoms with van der Waals surface area (Å²) in [7, 11) is 0. The molecule has 0 aromatic carbocycles. The van der Waals surface area contributed by atoms with Crippen LogP contribution >= 0.6 is 0 Å². The number of rotatable bonds is 2. The van der Waals surface area contributed by atoms with E-state index in [9.17, 15) is 14.9 Å². The molecule has 0 aromatic rings. The van der Waals surface area contributed by atoms with Gasteiger partial charge in [0, 0.05) is 12.3 Å². The Morgan fingerprint density at radius 1 is 1.25 bits per heavy atom. The SMILES string of the molecule is CC(=O)O[C@H]1CC[C@@]23CO[C@]4(CC[C@H]2C1)C1=CC[C@H](C2=C(C#N)C(=O)OC2)[C@@]1(C)CC[C@H]34. The van der Waals surface area contributed by atoms with Gasteiger partial charge in [-0.05, 0) is 85.7 Å². The van der Waals surface area contributed by atoms with Gasteiger partial charge in [-0.3, -0.25) is 4.79 Å². The molecule has 0 unspecified atom stereocenters. The number of carbonyl (C=O) groups excluding carboxylic acids is 2. The molecule has 0 aromatic heterocycles. The number of esters is 2. The van der Waals surface area contributed by atoms with E-state index in [-0.39, 0.29) is 46.6 Å². The van der Waals surface area contributed by atoms with Crippen molar-refractivity contribution in [1.82, 2.24) is 0 Å². The number of cyclic esters (lactones) is 1. The Balaban J connectivity index is 1.32. The summed E-state index contributed by atoms with van der Waals surface area (Å²) < 4.78 is 17.7. The van der Waals surface area contributed by atoms with E-state index >= 15 is 0 Å². The first-order valence-electron chi connectivity index (χ1n) is 12.2. The van der Waals surface area contributed by atoms with Crippen LogP contribution in [0.5, 0.6) is 0 Å². The van der Waals surface area contributed by atoms with Crippen LogP contribution in [0, 0.1) is 39.9 Å².